The molecule has 10 aromatic rings. The average molecular weight is 1100 g/mol. The molecule has 10 aromatic carbocycles. The van der Waals surface area contributed by atoms with Crippen molar-refractivity contribution >= 4 is 107 Å². The summed E-state index contributed by atoms with van der Waals surface area (Å²) >= 11 is 0. The summed E-state index contributed by atoms with van der Waals surface area (Å²) in [5.74, 6) is -0.819. The summed E-state index contributed by atoms with van der Waals surface area (Å²) in [7, 11) is -1.72. The summed E-state index contributed by atoms with van der Waals surface area (Å²) in [4.78, 5) is 23.5. The normalized spacial score (nSPS) is 11.4. The molecule has 15 heteroatoms. The van der Waals surface area contributed by atoms with Gasteiger partial charge in [-0.1, -0.05) is 158 Å². The van der Waals surface area contributed by atoms with Gasteiger partial charge in [-0.3, -0.25) is 0 Å². The Morgan fingerprint density at radius 2 is 0.802 bits per heavy atom. The number of phenolic OH excluding ortho intramolecular Hbond substituents is 1. The van der Waals surface area contributed by atoms with Gasteiger partial charge in [-0.15, -0.1) is 10.2 Å². The van der Waals surface area contributed by atoms with Crippen molar-refractivity contribution in [3.63, 3.8) is 0 Å². The Hall–Kier alpha value is -9.71. The first kappa shape index (κ1) is 57.5. The number of ether oxygens (including phenoxy) is 1. The number of phenols is 1. The van der Waals surface area contributed by atoms with E-state index in [1.807, 2.05) is 210 Å². The number of esters is 1. The zero-order valence-corrected chi connectivity index (χ0v) is 48.8. The molecule has 404 valence electrons. The van der Waals surface area contributed by atoms with Gasteiger partial charge in [0.25, 0.3) is 0 Å². The van der Waals surface area contributed by atoms with E-state index < -0.39 is 29.5 Å². The molecule has 0 unspecified atom stereocenters. The largest absolute Gasteiger partial charge is 0.506 e. The third-order valence-electron chi connectivity index (χ3n) is 13.2. The topological polar surface area (TPSA) is 183 Å². The second-order valence-corrected chi connectivity index (χ2v) is 25.8. The Bertz CT molecular complexity index is 3990. The number of benzene rings is 10. The number of carboxylic acid groups (broad SMARTS) is 1. The molecule has 0 bridgehead atoms. The number of nitrogens with zero attached hydrogens (tertiary/aromatic N) is 8. The van der Waals surface area contributed by atoms with Crippen molar-refractivity contribution in [2.45, 2.75) is 53.9 Å². The second-order valence-electron chi connectivity index (χ2n) is 19.9. The summed E-state index contributed by atoms with van der Waals surface area (Å²) in [5.41, 5.74) is 10.4. The predicted octanol–water partition coefficient (Wildman–Crippen LogP) is 18.3. The van der Waals surface area contributed by atoms with Crippen LogP contribution >= 0.6 is 0 Å². The molecule has 0 aromatic heterocycles. The van der Waals surface area contributed by atoms with Crippen LogP contribution in [0.15, 0.2) is 247 Å². The summed E-state index contributed by atoms with van der Waals surface area (Å²) in [5, 5.41) is 60.3. The van der Waals surface area contributed by atoms with Crippen LogP contribution < -0.4 is 15.1 Å². The van der Waals surface area contributed by atoms with E-state index in [1.165, 1.54) is 10.4 Å². The highest BCUT2D eigenvalue weighted by Gasteiger charge is 2.16. The lowest BCUT2D eigenvalue weighted by Crippen LogP contribution is -2.22. The molecule has 0 fully saturated rings. The molecule has 0 aliphatic rings. The highest BCUT2D eigenvalue weighted by atomic mass is 28.3. The van der Waals surface area contributed by atoms with Gasteiger partial charge in [0.05, 0.1) is 62.8 Å². The van der Waals surface area contributed by atoms with Crippen LogP contribution in [-0.2, 0) is 0 Å². The van der Waals surface area contributed by atoms with Crippen molar-refractivity contribution in [1.82, 2.24) is 0 Å². The number of aryl methyl sites for hydroxylation is 4. The van der Waals surface area contributed by atoms with E-state index in [4.69, 9.17) is 9.84 Å². The molecule has 0 saturated carbocycles. The number of rotatable bonds is 13. The highest BCUT2D eigenvalue weighted by Crippen LogP contribution is 2.39. The Labute approximate surface area is 475 Å². The molecule has 0 radical (unpaired) electrons. The number of aromatic carboxylic acids is 1. The minimum Gasteiger partial charge on any atom is -0.506 e. The zero-order chi connectivity index (χ0) is 57.4. The van der Waals surface area contributed by atoms with Crippen LogP contribution in [0.3, 0.4) is 0 Å². The van der Waals surface area contributed by atoms with Gasteiger partial charge in [-0.25, -0.2) is 9.59 Å². The first-order valence-electron chi connectivity index (χ1n) is 26.5. The van der Waals surface area contributed by atoms with Crippen molar-refractivity contribution in [3.8, 4) is 11.5 Å². The molecule has 0 atom stereocenters. The third-order valence-corrected chi connectivity index (χ3v) is 16.7. The Kier molecular flexibility index (Phi) is 19.3. The van der Waals surface area contributed by atoms with Crippen molar-refractivity contribution in [2.24, 2.45) is 40.9 Å². The first-order valence-corrected chi connectivity index (χ1v) is 32.3. The number of hydrogen-bond donors (Lipinski definition) is 2. The minimum atomic E-state index is -0.944. The highest BCUT2D eigenvalue weighted by molar-refractivity contribution is 6.71. The summed E-state index contributed by atoms with van der Waals surface area (Å²) in [6.45, 7) is 16.9. The van der Waals surface area contributed by atoms with E-state index >= 15 is 0 Å². The van der Waals surface area contributed by atoms with Crippen LogP contribution in [0.5, 0.6) is 11.5 Å². The van der Waals surface area contributed by atoms with E-state index in [9.17, 15) is 14.7 Å². The standard InChI is InChI=1S/C33H30N4O2Si.C24H20N4O.C9H12O2Si/c1-22-9-5-8-12-29(22)35-34-26-16-19-30(23(2)21-26)36-37-32-28-11-7-6-10-24(28)15-20-31(32)39-33(38)25-13-17-27(18-14-25)40(3)4;1-16-7-3-6-10-21(16)26-25-19-12-13-22(17(2)15-19)27-28-24-20-9-5-4-8-18(20)11-14-23(24)29;1-12(2)8-5-3-7(4-6-8)9(10)11/h5-21,40H,1-4H3;3-15,29H,1-2H3;3-6,12H,1-2H3,(H,10,11). The van der Waals surface area contributed by atoms with Gasteiger partial charge in [-0.2, -0.15) is 30.7 Å². The van der Waals surface area contributed by atoms with Crippen LogP contribution in [0.1, 0.15) is 43.0 Å². The Morgan fingerprint density at radius 3 is 1.27 bits per heavy atom. The van der Waals surface area contributed by atoms with Crippen molar-refractivity contribution in [1.29, 1.82) is 0 Å². The molecule has 10 rings (SSSR count). The fourth-order valence-corrected chi connectivity index (χ4v) is 10.3. The lowest BCUT2D eigenvalue weighted by molar-refractivity contribution is 0.0694. The van der Waals surface area contributed by atoms with Crippen LogP contribution in [0.25, 0.3) is 21.5 Å². The van der Waals surface area contributed by atoms with Gasteiger partial charge in [0, 0.05) is 10.8 Å². The van der Waals surface area contributed by atoms with E-state index in [1.54, 1.807) is 24.3 Å². The molecule has 2 N–H and O–H groups in total. The lowest BCUT2D eigenvalue weighted by atomic mass is 10.1. The van der Waals surface area contributed by atoms with Crippen LogP contribution in [-0.4, -0.2) is 39.7 Å². The molecule has 0 amide bonds. The van der Waals surface area contributed by atoms with Gasteiger partial charge < -0.3 is 14.9 Å². The predicted molar refractivity (Wildman–Crippen MR) is 333 cm³/mol. The molecule has 0 spiro atoms. The van der Waals surface area contributed by atoms with Gasteiger partial charge >= 0.3 is 11.9 Å². The SMILES string of the molecule is C[SiH](C)c1ccc(C(=O)O)cc1.Cc1ccccc1N=Nc1ccc(N=Nc2c(O)ccc3ccccc23)c(C)c1.Cc1ccccc1N=Nc1ccc(N=Nc2c(OC(=O)c3ccc([SiH](C)C)cc3)ccc3ccccc23)c(C)c1. The van der Waals surface area contributed by atoms with Gasteiger partial charge in [0.15, 0.2) is 5.75 Å². The Morgan fingerprint density at radius 1 is 0.395 bits per heavy atom. The molecule has 0 aliphatic carbocycles. The van der Waals surface area contributed by atoms with Crippen molar-refractivity contribution in [3.05, 3.63) is 240 Å². The van der Waals surface area contributed by atoms with Gasteiger partial charge in [0.2, 0.25) is 0 Å². The number of azo groups is 4. The second kappa shape index (κ2) is 27.2. The molecular weight excluding hydrogens is 1040 g/mol. The number of aromatic hydroxyl groups is 1. The van der Waals surface area contributed by atoms with E-state index in [-0.39, 0.29) is 5.75 Å². The zero-order valence-electron chi connectivity index (χ0n) is 46.5. The van der Waals surface area contributed by atoms with Crippen molar-refractivity contribution in [2.75, 3.05) is 0 Å². The van der Waals surface area contributed by atoms with Crippen molar-refractivity contribution < 1.29 is 24.5 Å². The average Bonchev–Trinajstić information content (AvgIpc) is 3.50. The lowest BCUT2D eigenvalue weighted by Gasteiger charge is -2.10. The van der Waals surface area contributed by atoms with E-state index in [0.29, 0.717) is 39.6 Å². The van der Waals surface area contributed by atoms with Crippen LogP contribution in [0.2, 0.25) is 26.2 Å². The minimum absolute atomic E-state index is 0.105. The molecule has 13 nitrogen and oxygen atoms in total. The maximum atomic E-state index is 13.0. The first-order chi connectivity index (χ1) is 39.1. The number of carbonyl (C=O) groups is 2. The number of hydrogen-bond acceptors (Lipinski definition) is 12. The van der Waals surface area contributed by atoms with E-state index in [2.05, 4.69) is 67.1 Å². The van der Waals surface area contributed by atoms with Crippen LogP contribution in [0, 0.1) is 27.7 Å². The molecule has 0 aliphatic heterocycles. The quantitative estimate of drug-likeness (QED) is 0.0503. The smallest absolute Gasteiger partial charge is 0.343 e. The third kappa shape index (κ3) is 15.3. The molecule has 81 heavy (non-hydrogen) atoms. The number of fused-ring (bicyclic) bond motifs is 2. The molecular formula is C66H62N8O5Si2. The maximum Gasteiger partial charge on any atom is 0.343 e. The summed E-state index contributed by atoms with van der Waals surface area (Å²) < 4.78 is 5.85. The van der Waals surface area contributed by atoms with Crippen LogP contribution in [0.4, 0.5) is 45.5 Å². The molecule has 0 heterocycles. The van der Waals surface area contributed by atoms with E-state index in [0.717, 1.165) is 66.5 Å². The summed E-state index contributed by atoms with van der Waals surface area (Å²) in [6, 6.07) is 64.7. The number of carboxylic acids is 1. The molecule has 0 saturated heterocycles. The van der Waals surface area contributed by atoms with Gasteiger partial charge in [0.1, 0.15) is 17.1 Å². The fraction of sp³-hybridized carbons (Fsp3) is 0.121. The summed E-state index contributed by atoms with van der Waals surface area (Å²) in [6.07, 6.45) is 0. The monoisotopic (exact) mass is 1100 g/mol. The fourth-order valence-electron chi connectivity index (χ4n) is 8.35. The van der Waals surface area contributed by atoms with Gasteiger partial charge in [-0.05, 0) is 146 Å². The Balaban J connectivity index is 0.000000182. The maximum absolute atomic E-state index is 13.0. The number of carbonyl (C=O) groups excluding carboxylic acids is 1.